The van der Waals surface area contributed by atoms with Gasteiger partial charge in [-0.05, 0) is 30.7 Å². The van der Waals surface area contributed by atoms with E-state index in [4.69, 9.17) is 4.42 Å². The van der Waals surface area contributed by atoms with E-state index in [0.29, 0.717) is 23.7 Å². The van der Waals surface area contributed by atoms with Crippen LogP contribution in [0.3, 0.4) is 0 Å². The van der Waals surface area contributed by atoms with Crippen molar-refractivity contribution in [2.75, 3.05) is 6.54 Å². The lowest BCUT2D eigenvalue weighted by molar-refractivity contribution is -0.126. The van der Waals surface area contributed by atoms with Gasteiger partial charge in [0.1, 0.15) is 23.3 Å². The molecule has 1 fully saturated rings. The molecule has 2 aromatic heterocycles. The van der Waals surface area contributed by atoms with E-state index >= 15 is 0 Å². The van der Waals surface area contributed by atoms with Gasteiger partial charge in [-0.2, -0.15) is 0 Å². The molecule has 2 aromatic rings. The minimum Gasteiger partial charge on any atom is -0.509 e. The number of carbonyl (C=O) groups excluding carboxylic acids is 1. The molecule has 0 aliphatic carbocycles. The standard InChI is InChI=1S/C15H14N2O3S/c18-13-10-4-1-2-6-17(10)15(19)12(13)9-8-20-14(16-9)11-5-3-7-21-11/h3,5,7-8,10,18H,1-2,4,6H2/t10-/m1/s1. The highest BCUT2D eigenvalue weighted by atomic mass is 32.1. The van der Waals surface area contributed by atoms with Crippen LogP contribution in [0.15, 0.2) is 34.0 Å². The van der Waals surface area contributed by atoms with Crippen LogP contribution in [0.25, 0.3) is 16.3 Å². The van der Waals surface area contributed by atoms with Crippen LogP contribution >= 0.6 is 11.3 Å². The molecule has 0 aromatic carbocycles. The number of carbonyl (C=O) groups is 1. The lowest BCUT2D eigenvalue weighted by Gasteiger charge is -2.29. The minimum atomic E-state index is -0.178. The largest absolute Gasteiger partial charge is 0.509 e. The normalized spacial score (nSPS) is 22.0. The molecule has 1 amide bonds. The number of aliphatic hydroxyl groups excluding tert-OH is 1. The summed E-state index contributed by atoms with van der Waals surface area (Å²) in [5, 5.41) is 12.3. The first-order chi connectivity index (χ1) is 10.3. The van der Waals surface area contributed by atoms with Crippen molar-refractivity contribution in [3.8, 4) is 10.8 Å². The zero-order valence-corrected chi connectivity index (χ0v) is 12.1. The van der Waals surface area contributed by atoms with Crippen LogP contribution in [0.1, 0.15) is 25.0 Å². The van der Waals surface area contributed by atoms with Gasteiger partial charge in [0.15, 0.2) is 0 Å². The van der Waals surface area contributed by atoms with Gasteiger partial charge in [0.05, 0.1) is 10.9 Å². The van der Waals surface area contributed by atoms with E-state index in [9.17, 15) is 9.90 Å². The Balaban J connectivity index is 1.73. The summed E-state index contributed by atoms with van der Waals surface area (Å²) in [6.07, 6.45) is 4.29. The molecule has 1 N–H and O–H groups in total. The van der Waals surface area contributed by atoms with Crippen molar-refractivity contribution in [2.24, 2.45) is 0 Å². The fourth-order valence-corrected chi connectivity index (χ4v) is 3.68. The number of amides is 1. The van der Waals surface area contributed by atoms with Crippen molar-refractivity contribution in [2.45, 2.75) is 25.3 Å². The first-order valence-electron chi connectivity index (χ1n) is 6.99. The van der Waals surface area contributed by atoms with Gasteiger partial charge < -0.3 is 14.4 Å². The number of piperidine rings is 1. The summed E-state index contributed by atoms with van der Waals surface area (Å²) < 4.78 is 5.45. The van der Waals surface area contributed by atoms with Crippen molar-refractivity contribution in [3.63, 3.8) is 0 Å². The minimum absolute atomic E-state index is 0.136. The molecule has 4 rings (SSSR count). The smallest absolute Gasteiger partial charge is 0.260 e. The van der Waals surface area contributed by atoms with E-state index in [2.05, 4.69) is 4.98 Å². The molecule has 2 aliphatic heterocycles. The lowest BCUT2D eigenvalue weighted by atomic mass is 10.0. The average molecular weight is 302 g/mol. The first-order valence-corrected chi connectivity index (χ1v) is 7.87. The van der Waals surface area contributed by atoms with Crippen molar-refractivity contribution >= 4 is 22.8 Å². The number of rotatable bonds is 2. The van der Waals surface area contributed by atoms with Gasteiger partial charge in [-0.3, -0.25) is 4.79 Å². The van der Waals surface area contributed by atoms with E-state index in [-0.39, 0.29) is 17.7 Å². The average Bonchev–Trinajstić information content (AvgIpc) is 3.21. The van der Waals surface area contributed by atoms with Gasteiger partial charge in [-0.25, -0.2) is 4.98 Å². The van der Waals surface area contributed by atoms with E-state index in [1.165, 1.54) is 17.6 Å². The summed E-state index contributed by atoms with van der Waals surface area (Å²) in [7, 11) is 0. The van der Waals surface area contributed by atoms with E-state index in [0.717, 1.165) is 24.1 Å². The summed E-state index contributed by atoms with van der Waals surface area (Å²) in [4.78, 5) is 19.5. The highest BCUT2D eigenvalue weighted by Crippen LogP contribution is 2.37. The summed E-state index contributed by atoms with van der Waals surface area (Å²) in [5.41, 5.74) is 0.726. The van der Waals surface area contributed by atoms with Crippen LogP contribution in [-0.4, -0.2) is 33.5 Å². The Bertz CT molecular complexity index is 717. The summed E-state index contributed by atoms with van der Waals surface area (Å²) in [5.74, 6) is 0.493. The molecule has 1 saturated heterocycles. The molecule has 0 unspecified atom stereocenters. The monoisotopic (exact) mass is 302 g/mol. The zero-order chi connectivity index (χ0) is 14.4. The number of nitrogens with zero attached hydrogens (tertiary/aromatic N) is 2. The van der Waals surface area contributed by atoms with Crippen LogP contribution in [0.2, 0.25) is 0 Å². The fourth-order valence-electron chi connectivity index (χ4n) is 3.02. The van der Waals surface area contributed by atoms with Crippen molar-refractivity contribution in [1.29, 1.82) is 0 Å². The van der Waals surface area contributed by atoms with Gasteiger partial charge in [0.25, 0.3) is 5.91 Å². The van der Waals surface area contributed by atoms with Crippen molar-refractivity contribution in [3.05, 3.63) is 35.2 Å². The predicted molar refractivity (Wildman–Crippen MR) is 78.7 cm³/mol. The molecule has 0 spiro atoms. The van der Waals surface area contributed by atoms with Crippen LogP contribution in [0.5, 0.6) is 0 Å². The predicted octanol–water partition coefficient (Wildman–Crippen LogP) is 3.07. The molecular weight excluding hydrogens is 288 g/mol. The van der Waals surface area contributed by atoms with Gasteiger partial charge >= 0.3 is 0 Å². The maximum atomic E-state index is 12.5. The summed E-state index contributed by atoms with van der Waals surface area (Å²) in [6.45, 7) is 0.701. The summed E-state index contributed by atoms with van der Waals surface area (Å²) in [6, 6.07) is 3.65. The molecule has 1 atom stereocenters. The number of hydrogen-bond acceptors (Lipinski definition) is 5. The van der Waals surface area contributed by atoms with Crippen molar-refractivity contribution < 1.29 is 14.3 Å². The van der Waals surface area contributed by atoms with Crippen LogP contribution in [0, 0.1) is 0 Å². The molecular formula is C15H14N2O3S. The van der Waals surface area contributed by atoms with Gasteiger partial charge in [-0.1, -0.05) is 6.07 Å². The molecule has 5 nitrogen and oxygen atoms in total. The molecule has 108 valence electrons. The second-order valence-electron chi connectivity index (χ2n) is 5.29. The maximum Gasteiger partial charge on any atom is 0.260 e. The SMILES string of the molecule is O=C1C(c2coc(-c3cccs3)n2)=C(O)[C@H]2CCCCN12. The Morgan fingerprint density at radius 1 is 1.43 bits per heavy atom. The quantitative estimate of drug-likeness (QED) is 0.926. The Morgan fingerprint density at radius 3 is 3.10 bits per heavy atom. The zero-order valence-electron chi connectivity index (χ0n) is 11.3. The Morgan fingerprint density at radius 2 is 2.33 bits per heavy atom. The number of oxazole rings is 1. The molecule has 21 heavy (non-hydrogen) atoms. The van der Waals surface area contributed by atoms with E-state index in [1.54, 1.807) is 4.90 Å². The van der Waals surface area contributed by atoms with Crippen molar-refractivity contribution in [1.82, 2.24) is 9.88 Å². The van der Waals surface area contributed by atoms with Gasteiger partial charge in [-0.15, -0.1) is 11.3 Å². The molecule has 2 aliphatic rings. The lowest BCUT2D eigenvalue weighted by Crippen LogP contribution is -2.39. The Hall–Kier alpha value is -2.08. The van der Waals surface area contributed by atoms with Gasteiger partial charge in [0.2, 0.25) is 5.89 Å². The van der Waals surface area contributed by atoms with Gasteiger partial charge in [0, 0.05) is 6.54 Å². The molecule has 6 heteroatoms. The van der Waals surface area contributed by atoms with Crippen LogP contribution in [0.4, 0.5) is 0 Å². The molecule has 0 radical (unpaired) electrons. The Kier molecular flexibility index (Phi) is 2.85. The number of aromatic nitrogens is 1. The Labute approximate surface area is 125 Å². The van der Waals surface area contributed by atoms with Crippen LogP contribution < -0.4 is 0 Å². The molecule has 0 bridgehead atoms. The highest BCUT2D eigenvalue weighted by Gasteiger charge is 2.42. The maximum absolute atomic E-state index is 12.5. The highest BCUT2D eigenvalue weighted by molar-refractivity contribution is 7.13. The number of thiophene rings is 1. The molecule has 4 heterocycles. The third-order valence-corrected chi connectivity index (χ3v) is 4.90. The van der Waals surface area contributed by atoms with E-state index in [1.807, 2.05) is 17.5 Å². The molecule has 0 saturated carbocycles. The summed E-state index contributed by atoms with van der Waals surface area (Å²) >= 11 is 1.52. The number of hydrogen-bond donors (Lipinski definition) is 1. The number of fused-ring (bicyclic) bond motifs is 1. The second-order valence-corrected chi connectivity index (χ2v) is 6.23. The first kappa shape index (κ1) is 12.6. The van der Waals surface area contributed by atoms with E-state index < -0.39 is 0 Å². The number of aliphatic hydroxyl groups is 1. The second kappa shape index (κ2) is 4.73. The third-order valence-electron chi connectivity index (χ3n) is 4.04. The third kappa shape index (κ3) is 1.90. The fraction of sp³-hybridized carbons (Fsp3) is 0.333. The van der Waals surface area contributed by atoms with Crippen LogP contribution in [-0.2, 0) is 4.79 Å². The topological polar surface area (TPSA) is 66.6 Å².